The Balaban J connectivity index is 1.52. The number of hydrogen-bond donors (Lipinski definition) is 2. The van der Waals surface area contributed by atoms with Gasteiger partial charge in [-0.2, -0.15) is 5.10 Å². The third-order valence-corrected chi connectivity index (χ3v) is 6.45. The van der Waals surface area contributed by atoms with Crippen LogP contribution < -0.4 is 5.32 Å². The van der Waals surface area contributed by atoms with Gasteiger partial charge in [0.15, 0.2) is 10.6 Å². The molecule has 2 atom stereocenters. The van der Waals surface area contributed by atoms with Crippen LogP contribution in [0, 0.1) is 10.7 Å². The van der Waals surface area contributed by atoms with Crippen molar-refractivity contribution in [2.45, 2.75) is 38.8 Å². The van der Waals surface area contributed by atoms with Gasteiger partial charge < -0.3 is 9.88 Å². The number of aromatic amines is 1. The van der Waals surface area contributed by atoms with E-state index in [1.54, 1.807) is 11.3 Å². The van der Waals surface area contributed by atoms with Crippen LogP contribution in [-0.2, 0) is 17.9 Å². The zero-order valence-electron chi connectivity index (χ0n) is 15.0. The number of H-pyrrole nitrogens is 1. The van der Waals surface area contributed by atoms with Crippen LogP contribution in [-0.4, -0.2) is 25.7 Å². The fraction of sp³-hybridized carbons (Fsp3) is 0.368. The summed E-state index contributed by atoms with van der Waals surface area (Å²) < 4.78 is 3.64. The molecule has 0 saturated carbocycles. The summed E-state index contributed by atoms with van der Waals surface area (Å²) in [7, 11) is 0. The quantitative estimate of drug-likeness (QED) is 0.503. The lowest BCUT2D eigenvalue weighted by atomic mass is 9.82. The van der Waals surface area contributed by atoms with E-state index in [1.807, 2.05) is 29.7 Å². The van der Waals surface area contributed by atoms with Crippen LogP contribution in [0.15, 0.2) is 36.4 Å². The van der Waals surface area contributed by atoms with Crippen molar-refractivity contribution in [1.82, 2.24) is 25.1 Å². The molecular formula is C19H21N5OS2. The van der Waals surface area contributed by atoms with Crippen molar-refractivity contribution in [2.75, 3.05) is 0 Å². The molecule has 0 bridgehead atoms. The smallest absolute Gasteiger partial charge is 0.224 e. The highest BCUT2D eigenvalue weighted by Crippen LogP contribution is 2.38. The second-order valence-corrected chi connectivity index (χ2v) is 8.03. The molecule has 0 saturated heterocycles. The number of fused-ring (bicyclic) bond motifs is 1. The zero-order chi connectivity index (χ0) is 18.8. The largest absolute Gasteiger partial charge is 0.349 e. The van der Waals surface area contributed by atoms with Crippen molar-refractivity contribution >= 4 is 39.7 Å². The molecule has 8 heteroatoms. The third-order valence-electron chi connectivity index (χ3n) is 4.97. The minimum Gasteiger partial charge on any atom is -0.349 e. The van der Waals surface area contributed by atoms with Crippen LogP contribution in [0.4, 0.5) is 0 Å². The van der Waals surface area contributed by atoms with E-state index < -0.39 is 0 Å². The molecule has 0 aliphatic heterocycles. The van der Waals surface area contributed by atoms with Gasteiger partial charge in [-0.3, -0.25) is 9.89 Å². The molecule has 2 N–H and O–H groups in total. The molecule has 140 valence electrons. The molecule has 4 rings (SSSR count). The van der Waals surface area contributed by atoms with Crippen molar-refractivity contribution in [3.05, 3.63) is 52.0 Å². The summed E-state index contributed by atoms with van der Waals surface area (Å²) in [5.74, 6) is 0.783. The van der Waals surface area contributed by atoms with Crippen molar-refractivity contribution in [3.63, 3.8) is 0 Å². The van der Waals surface area contributed by atoms with Gasteiger partial charge in [0.1, 0.15) is 0 Å². The molecule has 0 fully saturated rings. The maximum absolute atomic E-state index is 12.9. The van der Waals surface area contributed by atoms with Crippen molar-refractivity contribution < 1.29 is 4.79 Å². The van der Waals surface area contributed by atoms with Gasteiger partial charge in [-0.15, -0.1) is 11.3 Å². The summed E-state index contributed by atoms with van der Waals surface area (Å²) in [4.78, 5) is 17.7. The van der Waals surface area contributed by atoms with Crippen LogP contribution in [0.1, 0.15) is 36.5 Å². The van der Waals surface area contributed by atoms with Gasteiger partial charge in [0.2, 0.25) is 5.91 Å². The maximum atomic E-state index is 12.9. The van der Waals surface area contributed by atoms with Gasteiger partial charge in [0.25, 0.3) is 0 Å². The number of rotatable bonds is 5. The van der Waals surface area contributed by atoms with Gasteiger partial charge in [0, 0.05) is 12.5 Å². The number of nitrogens with one attached hydrogen (secondary N) is 2. The Morgan fingerprint density at radius 2 is 2.19 bits per heavy atom. The Hall–Kier alpha value is -2.32. The number of carbonyl (C=O) groups is 1. The predicted molar refractivity (Wildman–Crippen MR) is 109 cm³/mol. The highest BCUT2D eigenvalue weighted by Gasteiger charge is 2.32. The second kappa shape index (κ2) is 7.74. The maximum Gasteiger partial charge on any atom is 0.224 e. The first-order chi connectivity index (χ1) is 13.2. The second-order valence-electron chi connectivity index (χ2n) is 6.58. The van der Waals surface area contributed by atoms with E-state index in [0.717, 1.165) is 35.7 Å². The third kappa shape index (κ3) is 3.59. The summed E-state index contributed by atoms with van der Waals surface area (Å²) in [6.45, 7) is 3.10. The summed E-state index contributed by atoms with van der Waals surface area (Å²) in [6.07, 6.45) is 5.82. The van der Waals surface area contributed by atoms with E-state index in [9.17, 15) is 4.79 Å². The summed E-state index contributed by atoms with van der Waals surface area (Å²) >= 11 is 6.90. The number of para-hydroxylation sites is 1. The normalized spacial score (nSPS) is 19.4. The first kappa shape index (κ1) is 18.1. The molecule has 1 amide bonds. The lowest BCUT2D eigenvalue weighted by Gasteiger charge is -2.26. The molecule has 2 unspecified atom stereocenters. The minimum absolute atomic E-state index is 0.0418. The highest BCUT2D eigenvalue weighted by molar-refractivity contribution is 7.71. The van der Waals surface area contributed by atoms with Crippen LogP contribution in [0.25, 0.3) is 10.2 Å². The van der Waals surface area contributed by atoms with Crippen LogP contribution in [0.3, 0.4) is 0 Å². The molecule has 6 nitrogen and oxygen atoms in total. The fourth-order valence-electron chi connectivity index (χ4n) is 3.53. The van der Waals surface area contributed by atoms with Gasteiger partial charge in [-0.05, 0) is 44.1 Å². The Labute approximate surface area is 166 Å². The average Bonchev–Trinajstić information content (AvgIpc) is 3.29. The standard InChI is InChI=1S/C19H21N5OS2/c1-2-24-16(22-23-19(24)26)11-20-17(25)12-7-3-4-8-13(12)18-21-14-9-5-6-10-15(14)27-18/h3-6,9-10,12-13H,2,7-8,11H2,1H3,(H,20,25)(H,23,26). The molecule has 2 aromatic heterocycles. The van der Waals surface area contributed by atoms with E-state index in [0.29, 0.717) is 11.3 Å². The molecule has 0 spiro atoms. The van der Waals surface area contributed by atoms with Crippen molar-refractivity contribution in [1.29, 1.82) is 0 Å². The number of hydrogen-bond acceptors (Lipinski definition) is 5. The number of aromatic nitrogens is 4. The minimum atomic E-state index is -0.118. The molecule has 2 heterocycles. The topological polar surface area (TPSA) is 75.6 Å². The van der Waals surface area contributed by atoms with E-state index >= 15 is 0 Å². The van der Waals surface area contributed by atoms with E-state index in [2.05, 4.69) is 33.7 Å². The van der Waals surface area contributed by atoms with Crippen molar-refractivity contribution in [3.8, 4) is 0 Å². The number of amides is 1. The molecule has 1 aliphatic rings. The number of nitrogens with zero attached hydrogens (tertiary/aromatic N) is 3. The van der Waals surface area contributed by atoms with Crippen molar-refractivity contribution in [2.24, 2.45) is 5.92 Å². The predicted octanol–water partition coefficient (Wildman–Crippen LogP) is 3.94. The molecular weight excluding hydrogens is 378 g/mol. The number of allylic oxidation sites excluding steroid dienone is 2. The van der Waals surface area contributed by atoms with Gasteiger partial charge in [-0.25, -0.2) is 4.98 Å². The summed E-state index contributed by atoms with van der Waals surface area (Å²) in [5.41, 5.74) is 1.00. The SMILES string of the molecule is CCn1c(CNC(=O)C2CC=CCC2c2nc3ccccc3s2)n[nH]c1=S. The molecule has 0 radical (unpaired) electrons. The summed E-state index contributed by atoms with van der Waals surface area (Å²) in [6, 6.07) is 8.13. The summed E-state index contributed by atoms with van der Waals surface area (Å²) in [5, 5.41) is 11.1. The first-order valence-corrected chi connectivity index (χ1v) is 10.3. The monoisotopic (exact) mass is 399 g/mol. The first-order valence-electron chi connectivity index (χ1n) is 9.09. The van der Waals surface area contributed by atoms with E-state index in [-0.39, 0.29) is 17.7 Å². The van der Waals surface area contributed by atoms with Gasteiger partial charge in [-0.1, -0.05) is 24.3 Å². The zero-order valence-corrected chi connectivity index (χ0v) is 16.6. The Morgan fingerprint density at radius 3 is 3.00 bits per heavy atom. The molecule has 1 aliphatic carbocycles. The van der Waals surface area contributed by atoms with Crippen LogP contribution in [0.2, 0.25) is 0 Å². The lowest BCUT2D eigenvalue weighted by Crippen LogP contribution is -2.35. The lowest BCUT2D eigenvalue weighted by molar-refractivity contribution is -0.126. The number of thiazole rings is 1. The molecule has 27 heavy (non-hydrogen) atoms. The highest BCUT2D eigenvalue weighted by atomic mass is 32.1. The Kier molecular flexibility index (Phi) is 5.18. The Bertz CT molecular complexity index is 1010. The van der Waals surface area contributed by atoms with Crippen LogP contribution in [0.5, 0.6) is 0 Å². The van der Waals surface area contributed by atoms with E-state index in [1.165, 1.54) is 4.70 Å². The number of carbonyl (C=O) groups excluding carboxylic acids is 1. The van der Waals surface area contributed by atoms with E-state index in [4.69, 9.17) is 17.2 Å². The fourth-order valence-corrected chi connectivity index (χ4v) is 4.96. The van der Waals surface area contributed by atoms with Crippen LogP contribution >= 0.6 is 23.6 Å². The Morgan fingerprint density at radius 1 is 1.37 bits per heavy atom. The van der Waals surface area contributed by atoms with Gasteiger partial charge >= 0.3 is 0 Å². The molecule has 3 aromatic rings. The average molecular weight is 400 g/mol. The number of benzene rings is 1. The van der Waals surface area contributed by atoms with Gasteiger partial charge in [0.05, 0.1) is 27.7 Å². The molecule has 1 aromatic carbocycles.